The zero-order valence-corrected chi connectivity index (χ0v) is 15.4. The number of benzene rings is 1. The van der Waals surface area contributed by atoms with E-state index in [1.807, 2.05) is 55.3 Å². The van der Waals surface area contributed by atoms with Crippen molar-refractivity contribution in [1.29, 1.82) is 0 Å². The van der Waals surface area contributed by atoms with E-state index < -0.39 is 0 Å². The van der Waals surface area contributed by atoms with E-state index in [9.17, 15) is 0 Å². The van der Waals surface area contributed by atoms with Gasteiger partial charge in [-0.3, -0.25) is 4.90 Å². The molecule has 0 spiro atoms. The molecule has 1 saturated heterocycles. The molecule has 0 bridgehead atoms. The van der Waals surface area contributed by atoms with E-state index in [1.165, 1.54) is 0 Å². The summed E-state index contributed by atoms with van der Waals surface area (Å²) in [6.45, 7) is 2.70. The van der Waals surface area contributed by atoms with Gasteiger partial charge in [0.2, 0.25) is 0 Å². The van der Waals surface area contributed by atoms with Gasteiger partial charge >= 0.3 is 0 Å². The van der Waals surface area contributed by atoms with Gasteiger partial charge in [-0.05, 0) is 61.1 Å². The van der Waals surface area contributed by atoms with Crippen molar-refractivity contribution < 1.29 is 9.47 Å². The van der Waals surface area contributed by atoms with Crippen LogP contribution >= 0.6 is 24.4 Å². The number of nitrogens with zero attached hydrogens (tertiary/aromatic N) is 2. The molecule has 0 atom stereocenters. The van der Waals surface area contributed by atoms with Gasteiger partial charge < -0.3 is 14.0 Å². The summed E-state index contributed by atoms with van der Waals surface area (Å²) < 4.78 is 12.9. The maximum atomic E-state index is 5.63. The molecule has 1 fully saturated rings. The van der Waals surface area contributed by atoms with Crippen LogP contribution in [0.15, 0.2) is 42.2 Å². The monoisotopic (exact) mass is 358 g/mol. The van der Waals surface area contributed by atoms with Crippen LogP contribution in [0.4, 0.5) is 0 Å². The third-order valence-corrected chi connectivity index (χ3v) is 4.74. The number of hydrogen-bond donors (Lipinski definition) is 0. The van der Waals surface area contributed by atoms with Crippen molar-refractivity contribution in [1.82, 2.24) is 9.47 Å². The maximum absolute atomic E-state index is 5.63. The summed E-state index contributed by atoms with van der Waals surface area (Å²) in [5.41, 5.74) is 3.21. The number of rotatable bonds is 4. The molecular formula is C18H18N2O2S2. The lowest BCUT2D eigenvalue weighted by Gasteiger charge is -2.09. The number of likely N-dealkylation sites (N-methyl/N-ethyl adjacent to an activating group) is 1. The first-order valence-corrected chi connectivity index (χ1v) is 8.42. The predicted octanol–water partition coefficient (Wildman–Crippen LogP) is 4.01. The van der Waals surface area contributed by atoms with E-state index in [4.69, 9.17) is 33.9 Å². The van der Waals surface area contributed by atoms with Gasteiger partial charge in [-0.25, -0.2) is 0 Å². The van der Waals surface area contributed by atoms with Gasteiger partial charge in [0.1, 0.15) is 5.75 Å². The van der Waals surface area contributed by atoms with Crippen LogP contribution < -0.4 is 4.74 Å². The summed E-state index contributed by atoms with van der Waals surface area (Å²) in [4.78, 5) is 2.44. The summed E-state index contributed by atoms with van der Waals surface area (Å²) in [7, 11) is 3.68. The summed E-state index contributed by atoms with van der Waals surface area (Å²) >= 11 is 10.6. The first-order chi connectivity index (χ1) is 11.5. The average molecular weight is 358 g/mol. The van der Waals surface area contributed by atoms with Crippen molar-refractivity contribution in [3.8, 4) is 17.0 Å². The van der Waals surface area contributed by atoms with Crippen LogP contribution in [-0.2, 0) is 11.8 Å². The Morgan fingerprint density at radius 2 is 1.83 bits per heavy atom. The number of aromatic nitrogens is 1. The van der Waals surface area contributed by atoms with Gasteiger partial charge in [0.05, 0.1) is 7.11 Å². The van der Waals surface area contributed by atoms with Crippen LogP contribution in [0.2, 0.25) is 0 Å². The standard InChI is InChI=1S/C18H18N2O2S2/c1-4-20-17(23)16(22-18(20)24)11-13-7-10-15(19(13)2)12-5-8-14(21-3)9-6-12/h5-11H,4H2,1-3H3/b16-11-. The summed E-state index contributed by atoms with van der Waals surface area (Å²) in [6, 6.07) is 12.1. The smallest absolute Gasteiger partial charge is 0.270 e. The predicted molar refractivity (Wildman–Crippen MR) is 104 cm³/mol. The second-order valence-electron chi connectivity index (χ2n) is 5.36. The number of thiocarbonyl (C=S) groups is 2. The van der Waals surface area contributed by atoms with Gasteiger partial charge in [-0.2, -0.15) is 0 Å². The molecule has 6 heteroatoms. The van der Waals surface area contributed by atoms with E-state index in [-0.39, 0.29) is 0 Å². The normalized spacial score (nSPS) is 16.0. The van der Waals surface area contributed by atoms with Crippen LogP contribution in [-0.4, -0.2) is 33.3 Å². The lowest BCUT2D eigenvalue weighted by molar-refractivity contribution is 0.415. The maximum Gasteiger partial charge on any atom is 0.270 e. The molecule has 1 aromatic carbocycles. The molecule has 4 nitrogen and oxygen atoms in total. The minimum Gasteiger partial charge on any atom is -0.497 e. The molecule has 0 unspecified atom stereocenters. The molecule has 0 aliphatic carbocycles. The Kier molecular flexibility index (Phi) is 4.69. The van der Waals surface area contributed by atoms with Crippen LogP contribution in [0, 0.1) is 0 Å². The number of methoxy groups -OCH3 is 1. The Hall–Kier alpha value is -2.18. The third-order valence-electron chi connectivity index (χ3n) is 4.02. The molecule has 24 heavy (non-hydrogen) atoms. The van der Waals surface area contributed by atoms with Crippen LogP contribution in [0.25, 0.3) is 17.3 Å². The van der Waals surface area contributed by atoms with Crippen molar-refractivity contribution in [2.75, 3.05) is 13.7 Å². The average Bonchev–Trinajstić information content (AvgIpc) is 3.08. The van der Waals surface area contributed by atoms with E-state index in [1.54, 1.807) is 7.11 Å². The van der Waals surface area contributed by atoms with E-state index >= 15 is 0 Å². The Labute approximate surface area is 152 Å². The lowest BCUT2D eigenvalue weighted by atomic mass is 10.1. The Morgan fingerprint density at radius 3 is 2.42 bits per heavy atom. The molecule has 0 N–H and O–H groups in total. The second kappa shape index (κ2) is 6.75. The van der Waals surface area contributed by atoms with E-state index in [0.717, 1.165) is 22.7 Å². The van der Waals surface area contributed by atoms with Crippen molar-refractivity contribution in [3.05, 3.63) is 47.9 Å². The van der Waals surface area contributed by atoms with Crippen molar-refractivity contribution >= 4 is 40.7 Å². The molecule has 2 heterocycles. The molecule has 1 aliphatic heterocycles. The first-order valence-electron chi connectivity index (χ1n) is 7.60. The number of hydrogen-bond acceptors (Lipinski definition) is 4. The molecule has 3 rings (SSSR count). The molecule has 0 amide bonds. The Bertz CT molecular complexity index is 822. The molecule has 2 aromatic rings. The first kappa shape index (κ1) is 16.7. The highest BCUT2D eigenvalue weighted by Gasteiger charge is 2.28. The second-order valence-corrected chi connectivity index (χ2v) is 6.09. The van der Waals surface area contributed by atoms with Gasteiger partial charge in [0, 0.05) is 31.1 Å². The van der Waals surface area contributed by atoms with Crippen molar-refractivity contribution in [2.45, 2.75) is 6.92 Å². The topological polar surface area (TPSA) is 26.6 Å². The highest BCUT2D eigenvalue weighted by atomic mass is 32.1. The Balaban J connectivity index is 1.91. The van der Waals surface area contributed by atoms with E-state index in [0.29, 0.717) is 22.5 Å². The minimum atomic E-state index is 0.415. The summed E-state index contributed by atoms with van der Waals surface area (Å²) in [5, 5.41) is 0.415. The van der Waals surface area contributed by atoms with Gasteiger partial charge in [0.25, 0.3) is 5.17 Å². The SMILES string of the molecule is CCN1C(=S)O/C(=C\c2ccc(-c3ccc(OC)cc3)n2C)C1=S. The minimum absolute atomic E-state index is 0.415. The lowest BCUT2D eigenvalue weighted by Crippen LogP contribution is -2.26. The molecule has 1 aromatic heterocycles. The largest absolute Gasteiger partial charge is 0.497 e. The zero-order valence-electron chi connectivity index (χ0n) is 13.8. The highest BCUT2D eigenvalue weighted by molar-refractivity contribution is 7.82. The van der Waals surface area contributed by atoms with Gasteiger partial charge in [-0.15, -0.1) is 0 Å². The summed E-state index contributed by atoms with van der Waals surface area (Å²) in [6.07, 6.45) is 1.93. The quantitative estimate of drug-likeness (QED) is 0.608. The van der Waals surface area contributed by atoms with Crippen LogP contribution in [0.3, 0.4) is 0 Å². The van der Waals surface area contributed by atoms with Crippen molar-refractivity contribution in [2.24, 2.45) is 7.05 Å². The zero-order chi connectivity index (χ0) is 17.3. The van der Waals surface area contributed by atoms with Gasteiger partial charge in [-0.1, -0.05) is 12.2 Å². The molecular weight excluding hydrogens is 340 g/mol. The van der Waals surface area contributed by atoms with E-state index in [2.05, 4.69) is 10.6 Å². The third kappa shape index (κ3) is 2.95. The Morgan fingerprint density at radius 1 is 1.12 bits per heavy atom. The fraction of sp³-hybridized carbons (Fsp3) is 0.222. The molecule has 0 radical (unpaired) electrons. The van der Waals surface area contributed by atoms with Crippen molar-refractivity contribution in [3.63, 3.8) is 0 Å². The highest BCUT2D eigenvalue weighted by Crippen LogP contribution is 2.27. The molecule has 0 saturated carbocycles. The van der Waals surface area contributed by atoms with Crippen LogP contribution in [0.1, 0.15) is 12.6 Å². The molecule has 124 valence electrons. The number of ether oxygens (including phenoxy) is 2. The molecule has 1 aliphatic rings. The van der Waals surface area contributed by atoms with Crippen LogP contribution in [0.5, 0.6) is 5.75 Å². The van der Waals surface area contributed by atoms with Gasteiger partial charge in [0.15, 0.2) is 10.7 Å². The fourth-order valence-electron chi connectivity index (χ4n) is 2.63. The summed E-state index contributed by atoms with van der Waals surface area (Å²) in [5.74, 6) is 1.47. The fourth-order valence-corrected chi connectivity index (χ4v) is 3.31.